The van der Waals surface area contributed by atoms with E-state index in [0.717, 1.165) is 37.9 Å². The molecule has 0 aliphatic heterocycles. The molecule has 0 amide bonds. The van der Waals surface area contributed by atoms with Crippen molar-refractivity contribution in [3.63, 3.8) is 0 Å². The fourth-order valence-corrected chi connectivity index (χ4v) is 3.59. The molecule has 1 aromatic carbocycles. The highest BCUT2D eigenvalue weighted by molar-refractivity contribution is 5.95. The summed E-state index contributed by atoms with van der Waals surface area (Å²) in [6.45, 7) is 0. The number of nitrogens with zero attached hydrogens (tertiary/aromatic N) is 3. The molecule has 1 aliphatic carbocycles. The molecule has 0 spiro atoms. The first-order chi connectivity index (χ1) is 13.0. The average Bonchev–Trinajstić information content (AvgIpc) is 3.08. The topological polar surface area (TPSA) is 103 Å². The molecule has 1 fully saturated rings. The van der Waals surface area contributed by atoms with E-state index in [1.54, 1.807) is 12.3 Å². The highest BCUT2D eigenvalue weighted by atomic mass is 19.1. The van der Waals surface area contributed by atoms with Crippen molar-refractivity contribution in [3.05, 3.63) is 41.7 Å². The lowest BCUT2D eigenvalue weighted by molar-refractivity contribution is 0.407. The van der Waals surface area contributed by atoms with Crippen LogP contribution < -0.4 is 11.1 Å². The highest BCUT2D eigenvalue weighted by Crippen LogP contribution is 2.30. The Labute approximate surface area is 154 Å². The second kappa shape index (κ2) is 6.93. The standard InChI is InChI=1S/C19H18F2N6/c20-15-5-10(7-22)4-13-14(8-24-17(13)15)18-25-9-16(21)19(27-18)26-12-3-1-2-11(23)6-12/h4-5,8-9,11-12,24H,1-3,6,23H2,(H,25,26,27)/t11-,12+/m1/s1. The Hall–Kier alpha value is -3.05. The van der Waals surface area contributed by atoms with Crippen LogP contribution in [0, 0.1) is 23.0 Å². The quantitative estimate of drug-likeness (QED) is 0.657. The van der Waals surface area contributed by atoms with E-state index in [9.17, 15) is 8.78 Å². The van der Waals surface area contributed by atoms with Crippen LogP contribution >= 0.6 is 0 Å². The van der Waals surface area contributed by atoms with Gasteiger partial charge in [0.05, 0.1) is 23.3 Å². The molecule has 27 heavy (non-hydrogen) atoms. The first kappa shape index (κ1) is 17.4. The van der Waals surface area contributed by atoms with Crippen molar-refractivity contribution >= 4 is 16.7 Å². The van der Waals surface area contributed by atoms with Gasteiger partial charge in [0.1, 0.15) is 5.82 Å². The number of hydrogen-bond donors (Lipinski definition) is 3. The largest absolute Gasteiger partial charge is 0.365 e. The fraction of sp³-hybridized carbons (Fsp3) is 0.316. The van der Waals surface area contributed by atoms with Gasteiger partial charge in [-0.3, -0.25) is 0 Å². The summed E-state index contributed by atoms with van der Waals surface area (Å²) in [6, 6.07) is 4.80. The molecule has 0 radical (unpaired) electrons. The van der Waals surface area contributed by atoms with Gasteiger partial charge in [-0.25, -0.2) is 18.7 Å². The van der Waals surface area contributed by atoms with E-state index in [2.05, 4.69) is 20.3 Å². The third-order valence-corrected chi connectivity index (χ3v) is 4.91. The van der Waals surface area contributed by atoms with Gasteiger partial charge in [-0.2, -0.15) is 5.26 Å². The molecule has 138 valence electrons. The predicted molar refractivity (Wildman–Crippen MR) is 97.8 cm³/mol. The lowest BCUT2D eigenvalue weighted by Gasteiger charge is -2.27. The molecule has 8 heteroatoms. The molecule has 2 heterocycles. The number of rotatable bonds is 3. The molecular weight excluding hydrogens is 350 g/mol. The summed E-state index contributed by atoms with van der Waals surface area (Å²) in [5, 5.41) is 12.7. The summed E-state index contributed by atoms with van der Waals surface area (Å²) in [5.41, 5.74) is 6.95. The Morgan fingerprint density at radius 1 is 1.26 bits per heavy atom. The summed E-state index contributed by atoms with van der Waals surface area (Å²) < 4.78 is 28.4. The van der Waals surface area contributed by atoms with Gasteiger partial charge in [-0.05, 0) is 37.8 Å². The Morgan fingerprint density at radius 3 is 2.89 bits per heavy atom. The van der Waals surface area contributed by atoms with Crippen molar-refractivity contribution in [1.82, 2.24) is 15.0 Å². The van der Waals surface area contributed by atoms with E-state index >= 15 is 0 Å². The molecule has 2 atom stereocenters. The Kier molecular flexibility index (Phi) is 4.46. The first-order valence-corrected chi connectivity index (χ1v) is 8.81. The van der Waals surface area contributed by atoms with E-state index in [1.807, 2.05) is 6.07 Å². The predicted octanol–water partition coefficient (Wildman–Crippen LogP) is 3.46. The van der Waals surface area contributed by atoms with Crippen LogP contribution in [0.3, 0.4) is 0 Å². The van der Waals surface area contributed by atoms with Crippen LogP contribution in [0.1, 0.15) is 31.2 Å². The van der Waals surface area contributed by atoms with Crippen molar-refractivity contribution in [3.8, 4) is 17.5 Å². The maximum absolute atomic E-state index is 14.2. The van der Waals surface area contributed by atoms with Crippen molar-refractivity contribution in [2.45, 2.75) is 37.8 Å². The average molecular weight is 368 g/mol. The minimum Gasteiger partial charge on any atom is -0.365 e. The number of nitrogens with one attached hydrogen (secondary N) is 2. The van der Waals surface area contributed by atoms with Crippen molar-refractivity contribution in [1.29, 1.82) is 5.26 Å². The smallest absolute Gasteiger partial charge is 0.183 e. The molecule has 4 N–H and O–H groups in total. The Morgan fingerprint density at radius 2 is 2.11 bits per heavy atom. The molecule has 2 aromatic heterocycles. The maximum atomic E-state index is 14.2. The van der Waals surface area contributed by atoms with E-state index in [-0.39, 0.29) is 34.8 Å². The molecule has 6 nitrogen and oxygen atoms in total. The molecule has 1 saturated carbocycles. The van der Waals surface area contributed by atoms with Crippen LogP contribution in [-0.4, -0.2) is 27.0 Å². The number of benzene rings is 1. The number of fused-ring (bicyclic) bond motifs is 1. The van der Waals surface area contributed by atoms with Crippen molar-refractivity contribution in [2.75, 3.05) is 5.32 Å². The van der Waals surface area contributed by atoms with Crippen molar-refractivity contribution in [2.24, 2.45) is 5.73 Å². The zero-order valence-corrected chi connectivity index (χ0v) is 14.5. The van der Waals surface area contributed by atoms with Gasteiger partial charge in [0, 0.05) is 29.2 Å². The van der Waals surface area contributed by atoms with Gasteiger partial charge in [-0.15, -0.1) is 0 Å². The second-order valence-electron chi connectivity index (χ2n) is 6.85. The Bertz CT molecular complexity index is 1040. The number of hydrogen-bond acceptors (Lipinski definition) is 5. The van der Waals surface area contributed by atoms with E-state index in [4.69, 9.17) is 11.0 Å². The van der Waals surface area contributed by atoms with Gasteiger partial charge in [0.15, 0.2) is 17.5 Å². The van der Waals surface area contributed by atoms with Crippen LogP contribution in [0.5, 0.6) is 0 Å². The zero-order valence-electron chi connectivity index (χ0n) is 14.5. The lowest BCUT2D eigenvalue weighted by Crippen LogP contribution is -2.35. The fourth-order valence-electron chi connectivity index (χ4n) is 3.59. The number of nitriles is 1. The van der Waals surface area contributed by atoms with E-state index in [0.29, 0.717) is 10.9 Å². The summed E-state index contributed by atoms with van der Waals surface area (Å²) in [5.74, 6) is -0.737. The van der Waals surface area contributed by atoms with Gasteiger partial charge < -0.3 is 16.0 Å². The molecule has 4 rings (SSSR count). The summed E-state index contributed by atoms with van der Waals surface area (Å²) in [7, 11) is 0. The minimum atomic E-state index is -0.554. The van der Waals surface area contributed by atoms with Crippen LogP contribution in [0.2, 0.25) is 0 Å². The normalized spacial score (nSPS) is 19.8. The van der Waals surface area contributed by atoms with Gasteiger partial charge in [0.25, 0.3) is 0 Å². The lowest BCUT2D eigenvalue weighted by atomic mass is 9.92. The number of halogens is 2. The molecule has 0 unspecified atom stereocenters. The Balaban J connectivity index is 1.72. The second-order valence-corrected chi connectivity index (χ2v) is 6.85. The van der Waals surface area contributed by atoms with Crippen LogP contribution in [-0.2, 0) is 0 Å². The number of anilines is 1. The monoisotopic (exact) mass is 368 g/mol. The van der Waals surface area contributed by atoms with Crippen LogP contribution in [0.15, 0.2) is 24.5 Å². The number of aromatic nitrogens is 3. The van der Waals surface area contributed by atoms with Gasteiger partial charge in [0.2, 0.25) is 0 Å². The van der Waals surface area contributed by atoms with Crippen molar-refractivity contribution < 1.29 is 8.78 Å². The maximum Gasteiger partial charge on any atom is 0.183 e. The van der Waals surface area contributed by atoms with Crippen LogP contribution in [0.4, 0.5) is 14.6 Å². The third kappa shape index (κ3) is 3.34. The zero-order chi connectivity index (χ0) is 19.0. The third-order valence-electron chi connectivity index (χ3n) is 4.91. The number of nitrogens with two attached hydrogens (primary N) is 1. The molecule has 0 saturated heterocycles. The van der Waals surface area contributed by atoms with Crippen LogP contribution in [0.25, 0.3) is 22.3 Å². The SMILES string of the molecule is N#Cc1cc(F)c2[nH]cc(-c3ncc(F)c(N[C@H]4CCC[C@@H](N)C4)n3)c2c1. The number of aromatic amines is 1. The van der Waals surface area contributed by atoms with E-state index < -0.39 is 11.6 Å². The summed E-state index contributed by atoms with van der Waals surface area (Å²) in [6.07, 6.45) is 6.26. The molecule has 3 aromatic rings. The molecule has 1 aliphatic rings. The molecular formula is C19H18F2N6. The molecule has 0 bridgehead atoms. The van der Waals surface area contributed by atoms with Gasteiger partial charge >= 0.3 is 0 Å². The first-order valence-electron chi connectivity index (χ1n) is 8.81. The summed E-state index contributed by atoms with van der Waals surface area (Å²) >= 11 is 0. The number of H-pyrrole nitrogens is 1. The highest BCUT2D eigenvalue weighted by Gasteiger charge is 2.21. The van der Waals surface area contributed by atoms with Gasteiger partial charge in [-0.1, -0.05) is 0 Å². The minimum absolute atomic E-state index is 0.0524. The summed E-state index contributed by atoms with van der Waals surface area (Å²) in [4.78, 5) is 11.2. The van der Waals surface area contributed by atoms with E-state index in [1.165, 1.54) is 0 Å².